The highest BCUT2D eigenvalue weighted by molar-refractivity contribution is 5.46. The average Bonchev–Trinajstić information content (AvgIpc) is 2.33. The molecule has 4 heteroatoms. The van der Waals surface area contributed by atoms with E-state index in [1.807, 2.05) is 27.7 Å². The lowest BCUT2D eigenvalue weighted by molar-refractivity contribution is -0.109. The molecule has 1 N–H and O–H groups in total. The molecule has 0 atom stereocenters. The number of pyridine rings is 1. The molecule has 0 saturated heterocycles. The van der Waals surface area contributed by atoms with Gasteiger partial charge in [-0.15, -0.1) is 0 Å². The molecule has 1 heterocycles. The summed E-state index contributed by atoms with van der Waals surface area (Å²) in [5.41, 5.74) is 0.389. The molecule has 0 bridgehead atoms. The number of nitrogens with zero attached hydrogens (tertiary/aromatic N) is 1. The van der Waals surface area contributed by atoms with Gasteiger partial charge in [-0.2, -0.15) is 4.39 Å². The molecular formula is C11H19FN2O. The van der Waals surface area contributed by atoms with Gasteiger partial charge in [0.1, 0.15) is 0 Å². The van der Waals surface area contributed by atoms with E-state index in [4.69, 9.17) is 0 Å². The van der Waals surface area contributed by atoms with Crippen molar-refractivity contribution < 1.29 is 9.18 Å². The van der Waals surface area contributed by atoms with Crippen molar-refractivity contribution in [1.29, 1.82) is 0 Å². The highest BCUT2D eigenvalue weighted by atomic mass is 19.1. The van der Waals surface area contributed by atoms with Gasteiger partial charge in [0.2, 0.25) is 12.4 Å². The van der Waals surface area contributed by atoms with Crippen LogP contribution in [-0.2, 0) is 11.3 Å². The number of nitrogens with one attached hydrogen (secondary N) is 1. The molecule has 0 unspecified atom stereocenters. The van der Waals surface area contributed by atoms with Crippen LogP contribution in [0.25, 0.3) is 0 Å². The molecule has 86 valence electrons. The van der Waals surface area contributed by atoms with Crippen LogP contribution in [0.4, 0.5) is 4.39 Å². The SMILES string of the molecule is CC.CC.O=CNCc1cccnc1F. The molecule has 0 aliphatic carbocycles. The van der Waals surface area contributed by atoms with Gasteiger partial charge in [0.15, 0.2) is 0 Å². The van der Waals surface area contributed by atoms with Gasteiger partial charge < -0.3 is 5.32 Å². The number of hydrogen-bond donors (Lipinski definition) is 1. The Morgan fingerprint density at radius 3 is 2.47 bits per heavy atom. The summed E-state index contributed by atoms with van der Waals surface area (Å²) in [6, 6.07) is 3.18. The molecule has 0 radical (unpaired) electrons. The number of halogens is 1. The smallest absolute Gasteiger partial charge is 0.217 e. The van der Waals surface area contributed by atoms with Gasteiger partial charge in [-0.25, -0.2) is 4.98 Å². The second-order valence-electron chi connectivity index (χ2n) is 1.95. The normalized spacial score (nSPS) is 7.53. The number of rotatable bonds is 3. The summed E-state index contributed by atoms with van der Waals surface area (Å²) < 4.78 is 12.6. The summed E-state index contributed by atoms with van der Waals surface area (Å²) in [6.07, 6.45) is 1.88. The third-order valence-corrected chi connectivity index (χ3v) is 1.21. The molecule has 3 nitrogen and oxygen atoms in total. The highest BCUT2D eigenvalue weighted by Crippen LogP contribution is 2.00. The summed E-state index contributed by atoms with van der Waals surface area (Å²) in [5, 5.41) is 2.34. The van der Waals surface area contributed by atoms with Gasteiger partial charge >= 0.3 is 0 Å². The molecule has 1 aromatic heterocycles. The zero-order valence-corrected chi connectivity index (χ0v) is 9.75. The Hall–Kier alpha value is -1.45. The fraction of sp³-hybridized carbons (Fsp3) is 0.455. The Labute approximate surface area is 90.7 Å². The molecule has 0 aromatic carbocycles. The van der Waals surface area contributed by atoms with E-state index in [2.05, 4.69) is 10.3 Å². The van der Waals surface area contributed by atoms with Crippen molar-refractivity contribution in [3.05, 3.63) is 29.8 Å². The average molecular weight is 214 g/mol. The van der Waals surface area contributed by atoms with E-state index in [0.29, 0.717) is 12.0 Å². The van der Waals surface area contributed by atoms with Crippen molar-refractivity contribution in [2.24, 2.45) is 0 Å². The van der Waals surface area contributed by atoms with Crippen LogP contribution in [0.15, 0.2) is 18.3 Å². The number of hydrogen-bond acceptors (Lipinski definition) is 2. The van der Waals surface area contributed by atoms with E-state index in [-0.39, 0.29) is 6.54 Å². The van der Waals surface area contributed by atoms with Crippen molar-refractivity contribution in [3.63, 3.8) is 0 Å². The van der Waals surface area contributed by atoms with E-state index in [1.165, 1.54) is 6.20 Å². The van der Waals surface area contributed by atoms with Crippen LogP contribution >= 0.6 is 0 Å². The third-order valence-electron chi connectivity index (χ3n) is 1.21. The van der Waals surface area contributed by atoms with E-state index in [0.717, 1.165) is 0 Å². The molecule has 0 aliphatic rings. The molecule has 1 rings (SSSR count). The minimum absolute atomic E-state index is 0.184. The number of amides is 1. The van der Waals surface area contributed by atoms with Crippen molar-refractivity contribution in [2.75, 3.05) is 0 Å². The van der Waals surface area contributed by atoms with E-state index >= 15 is 0 Å². The van der Waals surface area contributed by atoms with Crippen molar-refractivity contribution in [1.82, 2.24) is 10.3 Å². The monoisotopic (exact) mass is 214 g/mol. The van der Waals surface area contributed by atoms with Gasteiger partial charge in [-0.1, -0.05) is 33.8 Å². The van der Waals surface area contributed by atoms with E-state index in [1.54, 1.807) is 12.1 Å². The van der Waals surface area contributed by atoms with Gasteiger partial charge in [-0.3, -0.25) is 4.79 Å². The Morgan fingerprint density at radius 2 is 2.00 bits per heavy atom. The standard InChI is InChI=1S/C7H7FN2O.2C2H6/c8-7-6(4-9-5-11)2-1-3-10-7;2*1-2/h1-3,5H,4H2,(H,9,11);2*1-2H3. The predicted octanol–water partition coefficient (Wildman–Crippen LogP) is 2.52. The van der Waals surface area contributed by atoms with Crippen molar-refractivity contribution in [2.45, 2.75) is 34.2 Å². The minimum Gasteiger partial charge on any atom is -0.354 e. The summed E-state index contributed by atoms with van der Waals surface area (Å²) in [4.78, 5) is 13.2. The molecule has 0 fully saturated rings. The summed E-state index contributed by atoms with van der Waals surface area (Å²) >= 11 is 0. The Balaban J connectivity index is 0. The van der Waals surface area contributed by atoms with Crippen LogP contribution < -0.4 is 5.32 Å². The lowest BCUT2D eigenvalue weighted by Gasteiger charge is -1.98. The lowest BCUT2D eigenvalue weighted by atomic mass is 10.3. The fourth-order valence-corrected chi connectivity index (χ4v) is 0.703. The Bertz CT molecular complexity index is 254. The second kappa shape index (κ2) is 12.6. The van der Waals surface area contributed by atoms with E-state index in [9.17, 15) is 9.18 Å². The molecule has 0 saturated carbocycles. The fourth-order valence-electron chi connectivity index (χ4n) is 0.703. The van der Waals surface area contributed by atoms with Crippen LogP contribution in [-0.4, -0.2) is 11.4 Å². The Kier molecular flexibility index (Phi) is 13.4. The first kappa shape index (κ1) is 16.0. The van der Waals surface area contributed by atoms with Gasteiger partial charge in [-0.05, 0) is 6.07 Å². The van der Waals surface area contributed by atoms with Crippen LogP contribution in [0.2, 0.25) is 0 Å². The van der Waals surface area contributed by atoms with Crippen LogP contribution in [0, 0.1) is 5.95 Å². The quantitative estimate of drug-likeness (QED) is 0.620. The molecule has 1 aromatic rings. The summed E-state index contributed by atoms with van der Waals surface area (Å²) in [5.74, 6) is -0.540. The summed E-state index contributed by atoms with van der Waals surface area (Å²) in [7, 11) is 0. The topological polar surface area (TPSA) is 42.0 Å². The molecule has 1 amide bonds. The zero-order valence-electron chi connectivity index (χ0n) is 9.75. The highest BCUT2D eigenvalue weighted by Gasteiger charge is 1.98. The van der Waals surface area contributed by atoms with Crippen LogP contribution in [0.1, 0.15) is 33.3 Å². The maximum atomic E-state index is 12.6. The predicted molar refractivity (Wildman–Crippen MR) is 59.8 cm³/mol. The summed E-state index contributed by atoms with van der Waals surface area (Å²) in [6.45, 7) is 8.18. The molecule has 0 spiro atoms. The maximum absolute atomic E-state index is 12.6. The first-order valence-corrected chi connectivity index (χ1v) is 5.11. The number of aromatic nitrogens is 1. The first-order valence-electron chi connectivity index (χ1n) is 5.11. The van der Waals surface area contributed by atoms with E-state index < -0.39 is 5.95 Å². The minimum atomic E-state index is -0.540. The third kappa shape index (κ3) is 7.61. The van der Waals surface area contributed by atoms with Crippen LogP contribution in [0.3, 0.4) is 0 Å². The maximum Gasteiger partial charge on any atom is 0.217 e. The van der Waals surface area contributed by atoms with Crippen molar-refractivity contribution >= 4 is 6.41 Å². The molecule has 15 heavy (non-hydrogen) atoms. The largest absolute Gasteiger partial charge is 0.354 e. The van der Waals surface area contributed by atoms with Gasteiger partial charge in [0.25, 0.3) is 0 Å². The Morgan fingerprint density at radius 1 is 1.40 bits per heavy atom. The second-order valence-corrected chi connectivity index (χ2v) is 1.95. The van der Waals surface area contributed by atoms with Gasteiger partial charge in [0, 0.05) is 18.3 Å². The first-order chi connectivity index (χ1) is 7.34. The molecule has 0 aliphatic heterocycles. The lowest BCUT2D eigenvalue weighted by Crippen LogP contribution is -2.11. The zero-order chi connectivity index (χ0) is 12.1. The van der Waals surface area contributed by atoms with Crippen LogP contribution in [0.5, 0.6) is 0 Å². The number of carbonyl (C=O) groups excluding carboxylic acids is 1. The van der Waals surface area contributed by atoms with Crippen molar-refractivity contribution in [3.8, 4) is 0 Å². The number of carbonyl (C=O) groups is 1. The molecular weight excluding hydrogens is 195 g/mol. The van der Waals surface area contributed by atoms with Gasteiger partial charge in [0.05, 0.1) is 0 Å².